The van der Waals surface area contributed by atoms with Gasteiger partial charge < -0.3 is 15.5 Å². The van der Waals surface area contributed by atoms with Gasteiger partial charge in [-0.15, -0.1) is 0 Å². The highest BCUT2D eigenvalue weighted by atomic mass is 16.2. The predicted octanol–water partition coefficient (Wildman–Crippen LogP) is -0.195. The van der Waals surface area contributed by atoms with Crippen molar-refractivity contribution in [1.29, 1.82) is 0 Å². The van der Waals surface area contributed by atoms with E-state index in [0.717, 1.165) is 0 Å². The van der Waals surface area contributed by atoms with Crippen molar-refractivity contribution >= 4 is 11.8 Å². The van der Waals surface area contributed by atoms with Gasteiger partial charge in [0, 0.05) is 32.1 Å². The fourth-order valence-electron chi connectivity index (χ4n) is 1.56. The highest BCUT2D eigenvalue weighted by Crippen LogP contribution is 2.10. The first kappa shape index (κ1) is 13.0. The zero-order valence-electron chi connectivity index (χ0n) is 10.3. The third-order valence-electron chi connectivity index (χ3n) is 2.79. The summed E-state index contributed by atoms with van der Waals surface area (Å²) in [6, 6.07) is 0. The number of carbonyl (C=O) groups is 2. The van der Waals surface area contributed by atoms with Crippen LogP contribution in [0.25, 0.3) is 0 Å². The molecule has 92 valence electrons. The molecule has 1 aliphatic heterocycles. The fraction of sp³-hybridized carbons (Fsp3) is 0.818. The molecule has 0 aromatic heterocycles. The Kier molecular flexibility index (Phi) is 3.91. The first-order chi connectivity index (χ1) is 7.29. The molecule has 0 aromatic rings. The van der Waals surface area contributed by atoms with Gasteiger partial charge in [-0.3, -0.25) is 9.59 Å². The molecular formula is C11H21N3O2. The maximum Gasteiger partial charge on any atom is 0.241 e. The lowest BCUT2D eigenvalue weighted by molar-refractivity contribution is -0.144. The van der Waals surface area contributed by atoms with Crippen molar-refractivity contribution in [3.63, 3.8) is 0 Å². The van der Waals surface area contributed by atoms with Gasteiger partial charge >= 0.3 is 0 Å². The first-order valence-electron chi connectivity index (χ1n) is 5.60. The maximum absolute atomic E-state index is 11.8. The van der Waals surface area contributed by atoms with E-state index in [9.17, 15) is 9.59 Å². The Morgan fingerprint density at radius 3 is 2.56 bits per heavy atom. The molecule has 0 bridgehead atoms. The topological polar surface area (TPSA) is 66.6 Å². The summed E-state index contributed by atoms with van der Waals surface area (Å²) in [6.45, 7) is 5.26. The van der Waals surface area contributed by atoms with E-state index < -0.39 is 0 Å². The number of hydrogen-bond donors (Lipinski definition) is 1. The third kappa shape index (κ3) is 3.81. The lowest BCUT2D eigenvalue weighted by Crippen LogP contribution is -2.51. The van der Waals surface area contributed by atoms with E-state index in [2.05, 4.69) is 0 Å². The summed E-state index contributed by atoms with van der Waals surface area (Å²) in [5.74, 6) is 0.0339. The minimum atomic E-state index is -0.327. The van der Waals surface area contributed by atoms with Crippen LogP contribution in [-0.4, -0.2) is 53.8 Å². The minimum Gasteiger partial charge on any atom is -0.342 e. The number of carbonyl (C=O) groups excluding carboxylic acids is 2. The third-order valence-corrected chi connectivity index (χ3v) is 2.79. The second-order valence-corrected chi connectivity index (χ2v) is 5.12. The second kappa shape index (κ2) is 4.82. The second-order valence-electron chi connectivity index (χ2n) is 5.12. The summed E-state index contributed by atoms with van der Waals surface area (Å²) in [4.78, 5) is 26.5. The lowest BCUT2D eigenvalue weighted by Gasteiger charge is -2.32. The van der Waals surface area contributed by atoms with Gasteiger partial charge in [-0.2, -0.15) is 0 Å². The van der Waals surface area contributed by atoms with Crippen molar-refractivity contribution in [2.24, 2.45) is 5.73 Å². The number of nitrogens with two attached hydrogens (primary N) is 1. The lowest BCUT2D eigenvalue weighted by atomic mass is 9.99. The summed E-state index contributed by atoms with van der Waals surface area (Å²) in [5.41, 5.74) is 5.49. The zero-order chi connectivity index (χ0) is 12.3. The normalized spacial score (nSPS) is 17.9. The number of rotatable bonds is 3. The Labute approximate surface area is 96.6 Å². The summed E-state index contributed by atoms with van der Waals surface area (Å²) >= 11 is 0. The van der Waals surface area contributed by atoms with Gasteiger partial charge in [-0.05, 0) is 20.3 Å². The Balaban J connectivity index is 2.41. The van der Waals surface area contributed by atoms with Gasteiger partial charge in [0.1, 0.15) is 0 Å². The van der Waals surface area contributed by atoms with E-state index in [4.69, 9.17) is 5.73 Å². The van der Waals surface area contributed by atoms with Crippen molar-refractivity contribution in [1.82, 2.24) is 9.80 Å². The first-order valence-corrected chi connectivity index (χ1v) is 5.60. The SMILES string of the molecule is CN1CCN(C(=O)CCC(C)(C)N)CC1=O. The van der Waals surface area contributed by atoms with Crippen LogP contribution < -0.4 is 5.73 Å². The van der Waals surface area contributed by atoms with Crippen LogP contribution in [0.1, 0.15) is 26.7 Å². The molecule has 5 heteroatoms. The van der Waals surface area contributed by atoms with Crippen LogP contribution >= 0.6 is 0 Å². The molecule has 0 spiro atoms. The molecule has 16 heavy (non-hydrogen) atoms. The van der Waals surface area contributed by atoms with Gasteiger partial charge in [0.25, 0.3) is 0 Å². The molecule has 0 saturated carbocycles. The van der Waals surface area contributed by atoms with Gasteiger partial charge in [0.2, 0.25) is 11.8 Å². The Bertz CT molecular complexity index is 283. The maximum atomic E-state index is 11.8. The van der Waals surface area contributed by atoms with Gasteiger partial charge in [0.05, 0.1) is 6.54 Å². The summed E-state index contributed by atoms with van der Waals surface area (Å²) in [5, 5.41) is 0. The molecule has 1 heterocycles. The van der Waals surface area contributed by atoms with Gasteiger partial charge in [0.15, 0.2) is 0 Å². The van der Waals surface area contributed by atoms with E-state index in [-0.39, 0.29) is 23.9 Å². The molecule has 1 saturated heterocycles. The Morgan fingerprint density at radius 1 is 1.44 bits per heavy atom. The molecule has 0 radical (unpaired) electrons. The summed E-state index contributed by atoms with van der Waals surface area (Å²) in [7, 11) is 1.76. The zero-order valence-corrected chi connectivity index (χ0v) is 10.3. The highest BCUT2D eigenvalue weighted by Gasteiger charge is 2.25. The van der Waals surface area contributed by atoms with Gasteiger partial charge in [-0.25, -0.2) is 0 Å². The van der Waals surface area contributed by atoms with Gasteiger partial charge in [-0.1, -0.05) is 0 Å². The molecule has 0 aliphatic carbocycles. The molecule has 0 atom stereocenters. The van der Waals surface area contributed by atoms with Crippen LogP contribution in [0.15, 0.2) is 0 Å². The van der Waals surface area contributed by atoms with E-state index in [0.29, 0.717) is 25.9 Å². The largest absolute Gasteiger partial charge is 0.342 e. The molecule has 2 amide bonds. The van der Waals surface area contributed by atoms with Crippen molar-refractivity contribution in [2.45, 2.75) is 32.2 Å². The van der Waals surface area contributed by atoms with Crippen LogP contribution in [0, 0.1) is 0 Å². The Morgan fingerprint density at radius 2 is 2.06 bits per heavy atom. The predicted molar refractivity (Wildman–Crippen MR) is 61.7 cm³/mol. The molecule has 0 unspecified atom stereocenters. The van der Waals surface area contributed by atoms with Crippen LogP contribution in [-0.2, 0) is 9.59 Å². The quantitative estimate of drug-likeness (QED) is 0.726. The molecule has 1 aliphatic rings. The molecular weight excluding hydrogens is 206 g/mol. The highest BCUT2D eigenvalue weighted by molar-refractivity contribution is 5.85. The number of likely N-dealkylation sites (N-methyl/N-ethyl adjacent to an activating group) is 1. The summed E-state index contributed by atoms with van der Waals surface area (Å²) in [6.07, 6.45) is 1.06. The van der Waals surface area contributed by atoms with Crippen LogP contribution in [0.2, 0.25) is 0 Å². The standard InChI is InChI=1S/C11H21N3O2/c1-11(2,12)5-4-9(15)14-7-6-13(3)10(16)8-14/h4-8,12H2,1-3H3. The average Bonchev–Trinajstić information content (AvgIpc) is 2.17. The van der Waals surface area contributed by atoms with Crippen molar-refractivity contribution < 1.29 is 9.59 Å². The van der Waals surface area contributed by atoms with Crippen molar-refractivity contribution in [3.8, 4) is 0 Å². The molecule has 0 aromatic carbocycles. The average molecular weight is 227 g/mol. The monoisotopic (exact) mass is 227 g/mol. The molecule has 1 fully saturated rings. The number of piperazine rings is 1. The van der Waals surface area contributed by atoms with Crippen molar-refractivity contribution in [2.75, 3.05) is 26.7 Å². The Hall–Kier alpha value is -1.10. The molecule has 2 N–H and O–H groups in total. The number of amides is 2. The van der Waals surface area contributed by atoms with Crippen molar-refractivity contribution in [3.05, 3.63) is 0 Å². The summed E-state index contributed by atoms with van der Waals surface area (Å²) < 4.78 is 0. The van der Waals surface area contributed by atoms with Crippen LogP contribution in [0.4, 0.5) is 0 Å². The number of hydrogen-bond acceptors (Lipinski definition) is 3. The minimum absolute atomic E-state index is 0.00612. The fourth-order valence-corrected chi connectivity index (χ4v) is 1.56. The molecule has 5 nitrogen and oxygen atoms in total. The smallest absolute Gasteiger partial charge is 0.241 e. The number of nitrogens with zero attached hydrogens (tertiary/aromatic N) is 2. The van der Waals surface area contributed by atoms with E-state index in [1.54, 1.807) is 16.8 Å². The molecule has 1 rings (SSSR count). The van der Waals surface area contributed by atoms with E-state index in [1.165, 1.54) is 0 Å². The van der Waals surface area contributed by atoms with Crippen LogP contribution in [0.5, 0.6) is 0 Å². The van der Waals surface area contributed by atoms with Crippen LogP contribution in [0.3, 0.4) is 0 Å². The van der Waals surface area contributed by atoms with E-state index in [1.807, 2.05) is 13.8 Å². The van der Waals surface area contributed by atoms with E-state index >= 15 is 0 Å².